The highest BCUT2D eigenvalue weighted by atomic mass is 16.6. The third-order valence-electron chi connectivity index (χ3n) is 7.18. The fourth-order valence-electron chi connectivity index (χ4n) is 4.95. The minimum atomic E-state index is -1.79. The molecule has 1 fully saturated rings. The van der Waals surface area contributed by atoms with Crippen LogP contribution in [0.3, 0.4) is 0 Å². The van der Waals surface area contributed by atoms with Gasteiger partial charge in [-0.3, -0.25) is 4.79 Å². The number of benzene rings is 4. The average molecular weight is 554 g/mol. The van der Waals surface area contributed by atoms with Crippen molar-refractivity contribution in [2.75, 3.05) is 13.7 Å². The molecular formula is C34H35NO6. The Bertz CT molecular complexity index is 1370. The van der Waals surface area contributed by atoms with Crippen LogP contribution in [-0.4, -0.2) is 47.6 Å². The minimum absolute atomic E-state index is 0.143. The predicted octanol–water partition coefficient (Wildman–Crippen LogP) is 5.11. The molecule has 5 rings (SSSR count). The largest absolute Gasteiger partial charge is 0.497 e. The van der Waals surface area contributed by atoms with Gasteiger partial charge in [-0.15, -0.1) is 0 Å². The van der Waals surface area contributed by atoms with E-state index >= 15 is 0 Å². The zero-order chi connectivity index (χ0) is 28.5. The van der Waals surface area contributed by atoms with E-state index in [-0.39, 0.29) is 38.9 Å². The quantitative estimate of drug-likeness (QED) is 0.248. The molecule has 0 radical (unpaired) electrons. The summed E-state index contributed by atoms with van der Waals surface area (Å²) in [6, 6.07) is 36.4. The fourth-order valence-corrected chi connectivity index (χ4v) is 4.95. The second-order valence-corrected chi connectivity index (χ2v) is 10.1. The van der Waals surface area contributed by atoms with Crippen LogP contribution in [0.25, 0.3) is 0 Å². The molecule has 41 heavy (non-hydrogen) atoms. The first-order chi connectivity index (χ1) is 20.1. The normalized spacial score (nSPS) is 20.3. The zero-order valence-corrected chi connectivity index (χ0v) is 23.1. The number of aliphatic hydroxyl groups is 1. The number of carbonyl (C=O) groups is 1. The topological polar surface area (TPSA) is 77.5 Å². The van der Waals surface area contributed by atoms with Crippen molar-refractivity contribution in [3.63, 3.8) is 0 Å². The van der Waals surface area contributed by atoms with Crippen LogP contribution >= 0.6 is 0 Å². The van der Waals surface area contributed by atoms with E-state index in [1.54, 1.807) is 7.11 Å². The molecule has 0 aromatic heterocycles. The summed E-state index contributed by atoms with van der Waals surface area (Å²) in [4.78, 5) is 15.4. The van der Waals surface area contributed by atoms with Gasteiger partial charge in [-0.05, 0) is 34.4 Å². The molecule has 1 saturated heterocycles. The smallest absolute Gasteiger partial charge is 0.257 e. The Labute approximate surface area is 240 Å². The SMILES string of the molecule is COc1ccc(CN2C(=O)[C@@H](OCc3ccccc3)[C@H](OCc3ccccc3)C2(O)COCc2ccccc2)cc1. The number of amides is 1. The summed E-state index contributed by atoms with van der Waals surface area (Å²) in [6.45, 7) is 0.647. The average Bonchev–Trinajstić information content (AvgIpc) is 3.21. The molecule has 0 saturated carbocycles. The second kappa shape index (κ2) is 13.6. The van der Waals surface area contributed by atoms with E-state index in [4.69, 9.17) is 18.9 Å². The molecule has 0 aliphatic carbocycles. The first-order valence-electron chi connectivity index (χ1n) is 13.7. The number of hydrogen-bond acceptors (Lipinski definition) is 6. The molecular weight excluding hydrogens is 518 g/mol. The van der Waals surface area contributed by atoms with Crippen molar-refractivity contribution < 1.29 is 28.8 Å². The highest BCUT2D eigenvalue weighted by Crippen LogP contribution is 2.36. The van der Waals surface area contributed by atoms with Crippen molar-refractivity contribution in [1.82, 2.24) is 4.90 Å². The Hall–Kier alpha value is -4.01. The third kappa shape index (κ3) is 7.01. The lowest BCUT2D eigenvalue weighted by Crippen LogP contribution is -2.56. The van der Waals surface area contributed by atoms with Crippen LogP contribution in [0.2, 0.25) is 0 Å². The maximum atomic E-state index is 14.0. The Morgan fingerprint density at radius 1 is 0.683 bits per heavy atom. The molecule has 7 heteroatoms. The van der Waals surface area contributed by atoms with Crippen molar-refractivity contribution in [2.24, 2.45) is 0 Å². The van der Waals surface area contributed by atoms with Gasteiger partial charge in [0.15, 0.2) is 11.8 Å². The summed E-state index contributed by atoms with van der Waals surface area (Å²) in [5.41, 5.74) is 1.83. The Balaban J connectivity index is 1.44. The van der Waals surface area contributed by atoms with Crippen molar-refractivity contribution in [1.29, 1.82) is 0 Å². The first kappa shape index (κ1) is 28.5. The van der Waals surface area contributed by atoms with E-state index in [2.05, 4.69) is 0 Å². The summed E-state index contributed by atoms with van der Waals surface area (Å²) in [5, 5.41) is 12.3. The molecule has 7 nitrogen and oxygen atoms in total. The summed E-state index contributed by atoms with van der Waals surface area (Å²) in [5.74, 6) is 0.344. The molecule has 1 amide bonds. The molecule has 212 valence electrons. The van der Waals surface area contributed by atoms with Crippen molar-refractivity contribution >= 4 is 5.91 Å². The maximum Gasteiger partial charge on any atom is 0.257 e. The molecule has 4 aromatic rings. The molecule has 1 heterocycles. The van der Waals surface area contributed by atoms with E-state index in [1.807, 2.05) is 115 Å². The number of likely N-dealkylation sites (tertiary alicyclic amines) is 1. The number of rotatable bonds is 13. The summed E-state index contributed by atoms with van der Waals surface area (Å²) < 4.78 is 23.9. The van der Waals surface area contributed by atoms with Crippen molar-refractivity contribution in [2.45, 2.75) is 44.3 Å². The Kier molecular flexibility index (Phi) is 9.44. The van der Waals surface area contributed by atoms with Gasteiger partial charge in [0.05, 0.1) is 33.5 Å². The van der Waals surface area contributed by atoms with Crippen LogP contribution in [-0.2, 0) is 45.4 Å². The highest BCUT2D eigenvalue weighted by molar-refractivity contribution is 5.85. The summed E-state index contributed by atoms with van der Waals surface area (Å²) in [7, 11) is 1.60. The molecule has 1 aliphatic rings. The summed E-state index contributed by atoms with van der Waals surface area (Å²) in [6.07, 6.45) is -2.05. The van der Waals surface area contributed by atoms with Gasteiger partial charge in [-0.2, -0.15) is 0 Å². The van der Waals surface area contributed by atoms with Gasteiger partial charge in [0, 0.05) is 6.54 Å². The molecule has 3 atom stereocenters. The van der Waals surface area contributed by atoms with Crippen LogP contribution in [0, 0.1) is 0 Å². The molecule has 0 bridgehead atoms. The van der Waals surface area contributed by atoms with E-state index < -0.39 is 17.9 Å². The molecule has 1 unspecified atom stereocenters. The lowest BCUT2D eigenvalue weighted by molar-refractivity contribution is -0.211. The van der Waals surface area contributed by atoms with E-state index in [9.17, 15) is 9.90 Å². The van der Waals surface area contributed by atoms with Gasteiger partial charge < -0.3 is 29.0 Å². The van der Waals surface area contributed by atoms with E-state index in [0.717, 1.165) is 22.3 Å². The van der Waals surface area contributed by atoms with Gasteiger partial charge >= 0.3 is 0 Å². The fraction of sp³-hybridized carbons (Fsp3) is 0.265. The highest BCUT2D eigenvalue weighted by Gasteiger charge is 2.60. The van der Waals surface area contributed by atoms with Crippen LogP contribution in [0.1, 0.15) is 22.3 Å². The van der Waals surface area contributed by atoms with Gasteiger partial charge in [0.1, 0.15) is 11.9 Å². The molecule has 4 aromatic carbocycles. The number of methoxy groups -OCH3 is 1. The van der Waals surface area contributed by atoms with Crippen LogP contribution in [0.15, 0.2) is 115 Å². The van der Waals surface area contributed by atoms with E-state index in [1.165, 1.54) is 4.90 Å². The van der Waals surface area contributed by atoms with Crippen LogP contribution in [0.4, 0.5) is 0 Å². The van der Waals surface area contributed by atoms with Crippen molar-refractivity contribution in [3.05, 3.63) is 138 Å². The predicted molar refractivity (Wildman–Crippen MR) is 155 cm³/mol. The number of nitrogens with zero attached hydrogens (tertiary/aromatic N) is 1. The minimum Gasteiger partial charge on any atom is -0.497 e. The van der Waals surface area contributed by atoms with Gasteiger partial charge in [-0.25, -0.2) is 0 Å². The van der Waals surface area contributed by atoms with Crippen molar-refractivity contribution in [3.8, 4) is 5.75 Å². The third-order valence-corrected chi connectivity index (χ3v) is 7.18. The second-order valence-electron chi connectivity index (χ2n) is 10.1. The van der Waals surface area contributed by atoms with Gasteiger partial charge in [0.2, 0.25) is 0 Å². The Morgan fingerprint density at radius 3 is 1.73 bits per heavy atom. The van der Waals surface area contributed by atoms with Gasteiger partial charge in [-0.1, -0.05) is 103 Å². The van der Waals surface area contributed by atoms with E-state index in [0.29, 0.717) is 5.75 Å². The summed E-state index contributed by atoms with van der Waals surface area (Å²) >= 11 is 0. The lowest BCUT2D eigenvalue weighted by atomic mass is 10.1. The van der Waals surface area contributed by atoms with Gasteiger partial charge in [0.25, 0.3) is 5.91 Å². The number of hydrogen-bond donors (Lipinski definition) is 1. The molecule has 0 spiro atoms. The Morgan fingerprint density at radius 2 is 1.20 bits per heavy atom. The maximum absolute atomic E-state index is 14.0. The first-order valence-corrected chi connectivity index (χ1v) is 13.7. The number of carbonyl (C=O) groups excluding carboxylic acids is 1. The van der Waals surface area contributed by atoms with Crippen LogP contribution in [0.5, 0.6) is 5.75 Å². The monoisotopic (exact) mass is 553 g/mol. The zero-order valence-electron chi connectivity index (χ0n) is 23.1. The van der Waals surface area contributed by atoms with Crippen LogP contribution < -0.4 is 4.74 Å². The lowest BCUT2D eigenvalue weighted by Gasteiger charge is -2.37. The standard InChI is InChI=1S/C34H35NO6/c1-38-30-19-17-26(18-20-30)21-35-33(36)31(40-23-28-13-7-3-8-14-28)32(41-24-29-15-9-4-10-16-29)34(35,37)25-39-22-27-11-5-2-6-12-27/h2-20,31-32,37H,21-25H2,1H3/t31-,32-,34?/m0/s1. The molecule has 1 N–H and O–H groups in total. The number of ether oxygens (including phenoxy) is 4. The molecule has 1 aliphatic heterocycles.